The molecule has 1 aromatic heterocycles. The zero-order valence-corrected chi connectivity index (χ0v) is 15.1. The lowest BCUT2D eigenvalue weighted by Crippen LogP contribution is -2.27. The van der Waals surface area contributed by atoms with Crippen molar-refractivity contribution in [2.45, 2.75) is 45.8 Å². The molecular formula is C16H22N2O2S2. The highest BCUT2D eigenvalue weighted by Gasteiger charge is 2.26. The van der Waals surface area contributed by atoms with Crippen LogP contribution in [-0.4, -0.2) is 44.1 Å². The summed E-state index contributed by atoms with van der Waals surface area (Å²) < 4.78 is 0.797. The van der Waals surface area contributed by atoms with Crippen molar-refractivity contribution in [2.75, 3.05) is 13.1 Å². The number of nitrogens with zero attached hydrogens (tertiary/aromatic N) is 1. The Kier molecular flexibility index (Phi) is 5.45. The minimum atomic E-state index is -0.260. The van der Waals surface area contributed by atoms with Gasteiger partial charge in [0.25, 0.3) is 0 Å². The lowest BCUT2D eigenvalue weighted by molar-refractivity contribution is 0.0988. The molecule has 1 fully saturated rings. The highest BCUT2D eigenvalue weighted by molar-refractivity contribution is 8.23. The molecule has 0 aromatic carbocycles. The first-order valence-electron chi connectivity index (χ1n) is 7.52. The normalized spacial score (nSPS) is 15.9. The minimum absolute atomic E-state index is 0.000327. The third-order valence-electron chi connectivity index (χ3n) is 4.05. The third kappa shape index (κ3) is 3.43. The minimum Gasteiger partial charge on any atom is -0.358 e. The smallest absolute Gasteiger partial charge is 0.192 e. The van der Waals surface area contributed by atoms with E-state index < -0.39 is 0 Å². The lowest BCUT2D eigenvalue weighted by Gasteiger charge is -2.20. The SMILES string of the molecule is CC(=O)c1c(C)[nH]c(C(=O)[C@@H](C)SC(=S)N2CCCC2)c1C. The highest BCUT2D eigenvalue weighted by atomic mass is 32.2. The van der Waals surface area contributed by atoms with Gasteiger partial charge in [0, 0.05) is 24.3 Å². The summed E-state index contributed by atoms with van der Waals surface area (Å²) in [7, 11) is 0. The molecule has 6 heteroatoms. The molecule has 0 saturated carbocycles. The maximum Gasteiger partial charge on any atom is 0.192 e. The van der Waals surface area contributed by atoms with Crippen molar-refractivity contribution in [1.82, 2.24) is 9.88 Å². The number of Topliss-reactive ketones (excluding diaryl/α,β-unsaturated/α-hetero) is 2. The van der Waals surface area contributed by atoms with Crippen molar-refractivity contribution in [2.24, 2.45) is 0 Å². The summed E-state index contributed by atoms with van der Waals surface area (Å²) in [6, 6.07) is 0. The molecule has 1 atom stereocenters. The number of aromatic amines is 1. The average Bonchev–Trinajstić information content (AvgIpc) is 3.05. The number of H-pyrrole nitrogens is 1. The van der Waals surface area contributed by atoms with E-state index >= 15 is 0 Å². The van der Waals surface area contributed by atoms with Gasteiger partial charge < -0.3 is 9.88 Å². The van der Waals surface area contributed by atoms with Crippen molar-refractivity contribution in [3.8, 4) is 0 Å². The van der Waals surface area contributed by atoms with E-state index in [9.17, 15) is 9.59 Å². The zero-order valence-electron chi connectivity index (χ0n) is 13.5. The van der Waals surface area contributed by atoms with Gasteiger partial charge in [-0.3, -0.25) is 9.59 Å². The molecule has 4 nitrogen and oxygen atoms in total. The molecule has 0 amide bonds. The standard InChI is InChI=1S/C16H22N2O2S2/c1-9-13(11(3)19)10(2)17-14(9)15(20)12(4)22-16(21)18-7-5-6-8-18/h12,17H,5-8H2,1-4H3/t12-/m1/s1. The molecule has 1 aromatic rings. The summed E-state index contributed by atoms with van der Waals surface area (Å²) in [4.78, 5) is 29.6. The van der Waals surface area contributed by atoms with Gasteiger partial charge in [-0.25, -0.2) is 0 Å². The van der Waals surface area contributed by atoms with Crippen molar-refractivity contribution >= 4 is 39.9 Å². The van der Waals surface area contributed by atoms with Crippen LogP contribution in [0.15, 0.2) is 0 Å². The van der Waals surface area contributed by atoms with Gasteiger partial charge in [-0.15, -0.1) is 0 Å². The zero-order chi connectivity index (χ0) is 16.4. The van der Waals surface area contributed by atoms with E-state index in [0.29, 0.717) is 11.3 Å². The molecular weight excluding hydrogens is 316 g/mol. The monoisotopic (exact) mass is 338 g/mol. The Bertz CT molecular complexity index is 616. The first-order valence-corrected chi connectivity index (χ1v) is 8.81. The van der Waals surface area contributed by atoms with E-state index in [0.717, 1.165) is 28.7 Å². The highest BCUT2D eigenvalue weighted by Crippen LogP contribution is 2.26. The van der Waals surface area contributed by atoms with Crippen LogP contribution in [0.2, 0.25) is 0 Å². The van der Waals surface area contributed by atoms with Gasteiger partial charge >= 0.3 is 0 Å². The number of carbonyl (C=O) groups is 2. The van der Waals surface area contributed by atoms with Crippen LogP contribution in [0.3, 0.4) is 0 Å². The second-order valence-corrected chi connectivity index (χ2v) is 7.74. The largest absolute Gasteiger partial charge is 0.358 e. The first kappa shape index (κ1) is 17.2. The Morgan fingerprint density at radius 2 is 1.86 bits per heavy atom. The Labute approximate surface area is 141 Å². The second-order valence-electron chi connectivity index (χ2n) is 5.77. The average molecular weight is 338 g/mol. The summed E-state index contributed by atoms with van der Waals surface area (Å²) in [5.41, 5.74) is 2.66. The molecule has 2 heterocycles. The molecule has 0 aliphatic carbocycles. The molecule has 1 saturated heterocycles. The molecule has 22 heavy (non-hydrogen) atoms. The number of hydrogen-bond donors (Lipinski definition) is 1. The summed E-state index contributed by atoms with van der Waals surface area (Å²) in [6.07, 6.45) is 2.33. The van der Waals surface area contributed by atoms with Crippen molar-refractivity contribution in [3.05, 3.63) is 22.5 Å². The summed E-state index contributed by atoms with van der Waals surface area (Å²) in [5, 5.41) is -0.260. The second kappa shape index (κ2) is 6.96. The van der Waals surface area contributed by atoms with Gasteiger partial charge in [-0.2, -0.15) is 0 Å². The van der Waals surface area contributed by atoms with Gasteiger partial charge in [0.2, 0.25) is 0 Å². The molecule has 0 spiro atoms. The van der Waals surface area contributed by atoms with Gasteiger partial charge in [0.1, 0.15) is 4.32 Å². The number of nitrogens with one attached hydrogen (secondary N) is 1. The molecule has 1 N–H and O–H groups in total. The van der Waals surface area contributed by atoms with Crippen LogP contribution in [-0.2, 0) is 0 Å². The van der Waals surface area contributed by atoms with Crippen molar-refractivity contribution in [1.29, 1.82) is 0 Å². The fraction of sp³-hybridized carbons (Fsp3) is 0.562. The number of carbonyl (C=O) groups excluding carboxylic acids is 2. The topological polar surface area (TPSA) is 53.2 Å². The molecule has 1 aliphatic rings. The van der Waals surface area contributed by atoms with Gasteiger partial charge in [-0.05, 0) is 46.1 Å². The predicted octanol–water partition coefficient (Wildman–Crippen LogP) is 3.52. The van der Waals surface area contributed by atoms with Crippen molar-refractivity contribution < 1.29 is 9.59 Å². The number of aromatic nitrogens is 1. The third-order valence-corrected chi connectivity index (χ3v) is 5.62. The van der Waals surface area contributed by atoms with E-state index in [1.54, 1.807) is 0 Å². The molecule has 0 bridgehead atoms. The molecule has 120 valence electrons. The van der Waals surface area contributed by atoms with E-state index in [2.05, 4.69) is 9.88 Å². The maximum absolute atomic E-state index is 12.7. The van der Waals surface area contributed by atoms with Crippen LogP contribution in [0.5, 0.6) is 0 Å². The molecule has 0 radical (unpaired) electrons. The summed E-state index contributed by atoms with van der Waals surface area (Å²) >= 11 is 6.87. The Hall–Kier alpha value is -1.14. The summed E-state index contributed by atoms with van der Waals surface area (Å²) in [5.74, 6) is -0.0159. The van der Waals surface area contributed by atoms with Crippen LogP contribution >= 0.6 is 24.0 Å². The number of likely N-dealkylation sites (tertiary alicyclic amines) is 1. The van der Waals surface area contributed by atoms with Crippen LogP contribution in [0.1, 0.15) is 58.8 Å². The maximum atomic E-state index is 12.7. The fourth-order valence-electron chi connectivity index (χ4n) is 2.91. The van der Waals surface area contributed by atoms with E-state index in [1.807, 2.05) is 20.8 Å². The number of hydrogen-bond acceptors (Lipinski definition) is 4. The number of thioether (sulfide) groups is 1. The van der Waals surface area contributed by atoms with Crippen LogP contribution < -0.4 is 0 Å². The number of thiocarbonyl (C=S) groups is 1. The molecule has 0 unspecified atom stereocenters. The first-order chi connectivity index (χ1) is 10.3. The van der Waals surface area contributed by atoms with Crippen LogP contribution in [0.25, 0.3) is 0 Å². The Morgan fingerprint density at radius 1 is 1.27 bits per heavy atom. The van der Waals surface area contributed by atoms with E-state index in [4.69, 9.17) is 12.2 Å². The van der Waals surface area contributed by atoms with Gasteiger partial charge in [0.15, 0.2) is 11.6 Å². The van der Waals surface area contributed by atoms with Crippen molar-refractivity contribution in [3.63, 3.8) is 0 Å². The number of ketones is 2. The van der Waals surface area contributed by atoms with Crippen LogP contribution in [0.4, 0.5) is 0 Å². The van der Waals surface area contributed by atoms with E-state index in [1.165, 1.54) is 31.5 Å². The molecule has 2 rings (SSSR count). The number of aryl methyl sites for hydroxylation is 1. The van der Waals surface area contributed by atoms with Gasteiger partial charge in [0.05, 0.1) is 10.9 Å². The van der Waals surface area contributed by atoms with Gasteiger partial charge in [-0.1, -0.05) is 24.0 Å². The Balaban J connectivity index is 2.12. The summed E-state index contributed by atoms with van der Waals surface area (Å²) in [6.45, 7) is 9.02. The van der Waals surface area contributed by atoms with E-state index in [-0.39, 0.29) is 16.8 Å². The fourth-order valence-corrected chi connectivity index (χ4v) is 4.38. The quantitative estimate of drug-likeness (QED) is 0.672. The number of rotatable bonds is 4. The Morgan fingerprint density at radius 3 is 2.36 bits per heavy atom. The van der Waals surface area contributed by atoms with Crippen LogP contribution in [0, 0.1) is 13.8 Å². The predicted molar refractivity (Wildman–Crippen MR) is 95.1 cm³/mol. The molecule has 1 aliphatic heterocycles. The lowest BCUT2D eigenvalue weighted by atomic mass is 10.0.